The van der Waals surface area contributed by atoms with Gasteiger partial charge in [-0.05, 0) is 31.2 Å². The number of likely N-dealkylation sites (tertiary alicyclic amines) is 1. The Morgan fingerprint density at radius 2 is 1.91 bits per heavy atom. The van der Waals surface area contributed by atoms with E-state index in [9.17, 15) is 9.59 Å². The van der Waals surface area contributed by atoms with Crippen molar-refractivity contribution in [3.05, 3.63) is 45.4 Å². The summed E-state index contributed by atoms with van der Waals surface area (Å²) in [5.74, 6) is 0.772. The smallest absolute Gasteiger partial charge is 0.228 e. The van der Waals surface area contributed by atoms with E-state index < -0.39 is 0 Å². The molecule has 0 bridgehead atoms. The van der Waals surface area contributed by atoms with Crippen molar-refractivity contribution in [3.8, 4) is 5.75 Å². The molecular weight excluding hydrogens is 450 g/mol. The number of carbonyl (C=O) groups is 2. The highest BCUT2D eigenvalue weighted by molar-refractivity contribution is 7.09. The molecule has 0 unspecified atom stereocenters. The fourth-order valence-corrected chi connectivity index (χ4v) is 4.94. The first-order valence-electron chi connectivity index (χ1n) is 10.9. The molecule has 3 heterocycles. The second-order valence-electron chi connectivity index (χ2n) is 8.23. The van der Waals surface area contributed by atoms with Crippen LogP contribution in [0.4, 0.5) is 0 Å². The fraction of sp³-hybridized carbons (Fsp3) is 0.522. The summed E-state index contributed by atoms with van der Waals surface area (Å²) in [6, 6.07) is 7.26. The van der Waals surface area contributed by atoms with Gasteiger partial charge in [-0.2, -0.15) is 0 Å². The minimum absolute atomic E-state index is 0.0454. The predicted molar refractivity (Wildman–Crippen MR) is 123 cm³/mol. The van der Waals surface area contributed by atoms with Gasteiger partial charge in [0.1, 0.15) is 11.9 Å². The minimum Gasteiger partial charge on any atom is -0.490 e. The first-order valence-corrected chi connectivity index (χ1v) is 12.2. The minimum atomic E-state index is -0.147. The van der Waals surface area contributed by atoms with Crippen LogP contribution in [0.15, 0.2) is 29.6 Å². The molecular formula is C23H28ClN3O4S. The second-order valence-corrected chi connectivity index (χ2v) is 9.73. The lowest BCUT2D eigenvalue weighted by Crippen LogP contribution is -2.50. The number of aromatic nitrogens is 1. The van der Waals surface area contributed by atoms with Gasteiger partial charge in [0, 0.05) is 55.3 Å². The van der Waals surface area contributed by atoms with Crippen molar-refractivity contribution >= 4 is 34.8 Å². The molecule has 1 aromatic heterocycles. The zero-order valence-electron chi connectivity index (χ0n) is 18.2. The third kappa shape index (κ3) is 5.99. The van der Waals surface area contributed by atoms with E-state index in [0.29, 0.717) is 57.3 Å². The molecule has 0 spiro atoms. The summed E-state index contributed by atoms with van der Waals surface area (Å²) in [6.45, 7) is 5.39. The Hall–Kier alpha value is -2.16. The van der Waals surface area contributed by atoms with Gasteiger partial charge in [0.25, 0.3) is 0 Å². The van der Waals surface area contributed by atoms with Crippen LogP contribution in [0.3, 0.4) is 0 Å². The van der Waals surface area contributed by atoms with E-state index >= 15 is 0 Å². The quantitative estimate of drug-likeness (QED) is 0.639. The number of aryl methyl sites for hydroxylation is 1. The van der Waals surface area contributed by atoms with Gasteiger partial charge in [-0.3, -0.25) is 9.59 Å². The number of morpholine rings is 1. The Kier molecular flexibility index (Phi) is 7.65. The lowest BCUT2D eigenvalue weighted by molar-refractivity contribution is -0.141. The van der Waals surface area contributed by atoms with Crippen molar-refractivity contribution in [2.75, 3.05) is 39.4 Å². The Labute approximate surface area is 197 Å². The molecule has 1 aromatic carbocycles. The van der Waals surface area contributed by atoms with E-state index in [1.807, 2.05) is 34.2 Å². The van der Waals surface area contributed by atoms with Crippen LogP contribution < -0.4 is 4.74 Å². The summed E-state index contributed by atoms with van der Waals surface area (Å²) in [4.78, 5) is 34.0. The molecule has 2 aliphatic rings. The molecule has 2 aromatic rings. The van der Waals surface area contributed by atoms with Gasteiger partial charge < -0.3 is 19.3 Å². The van der Waals surface area contributed by atoms with Crippen molar-refractivity contribution in [2.45, 2.75) is 32.3 Å². The number of thiazole rings is 1. The van der Waals surface area contributed by atoms with E-state index in [1.54, 1.807) is 23.5 Å². The molecule has 0 saturated carbocycles. The standard InChI is InChI=1S/C23H28ClN3O4S/c1-16-25-19(15-32-16)13-23(29)27-7-6-21(31-20-4-2-18(24)3-5-20)17(14-27)12-22(28)26-8-10-30-11-9-26/h2-5,15,17,21H,6-14H2,1H3/t17-,21-/m0/s1. The topological polar surface area (TPSA) is 72.0 Å². The van der Waals surface area contributed by atoms with Crippen LogP contribution in [0.2, 0.25) is 5.02 Å². The van der Waals surface area contributed by atoms with E-state index in [0.717, 1.165) is 16.5 Å². The zero-order chi connectivity index (χ0) is 22.5. The number of hydrogen-bond acceptors (Lipinski definition) is 6. The van der Waals surface area contributed by atoms with Crippen LogP contribution in [-0.4, -0.2) is 72.1 Å². The highest BCUT2D eigenvalue weighted by Crippen LogP contribution is 2.28. The number of carbonyl (C=O) groups excluding carboxylic acids is 2. The van der Waals surface area contributed by atoms with Crippen LogP contribution in [0.5, 0.6) is 5.75 Å². The number of ether oxygens (including phenoxy) is 2. The summed E-state index contributed by atoms with van der Waals surface area (Å²) in [6.07, 6.45) is 1.16. The Morgan fingerprint density at radius 3 is 2.59 bits per heavy atom. The number of rotatable bonds is 6. The lowest BCUT2D eigenvalue weighted by Gasteiger charge is -2.39. The van der Waals surface area contributed by atoms with Crippen molar-refractivity contribution in [1.82, 2.24) is 14.8 Å². The summed E-state index contributed by atoms with van der Waals surface area (Å²) >= 11 is 7.54. The predicted octanol–water partition coefficient (Wildman–Crippen LogP) is 3.19. The van der Waals surface area contributed by atoms with Crippen molar-refractivity contribution < 1.29 is 19.1 Å². The van der Waals surface area contributed by atoms with Crippen LogP contribution in [0.1, 0.15) is 23.5 Å². The van der Waals surface area contributed by atoms with Gasteiger partial charge in [0.2, 0.25) is 11.8 Å². The first-order chi connectivity index (χ1) is 15.5. The van der Waals surface area contributed by atoms with Crippen molar-refractivity contribution in [3.63, 3.8) is 0 Å². The number of benzene rings is 1. The average molecular weight is 478 g/mol. The van der Waals surface area contributed by atoms with Crippen LogP contribution in [-0.2, 0) is 20.7 Å². The maximum absolute atomic E-state index is 13.0. The highest BCUT2D eigenvalue weighted by Gasteiger charge is 2.35. The summed E-state index contributed by atoms with van der Waals surface area (Å²) in [7, 11) is 0. The molecule has 32 heavy (non-hydrogen) atoms. The molecule has 2 aliphatic heterocycles. The van der Waals surface area contributed by atoms with E-state index in [4.69, 9.17) is 21.1 Å². The number of hydrogen-bond donors (Lipinski definition) is 0. The van der Waals surface area contributed by atoms with Crippen LogP contribution in [0.25, 0.3) is 0 Å². The molecule has 172 valence electrons. The first kappa shape index (κ1) is 23.0. The number of halogens is 1. The largest absolute Gasteiger partial charge is 0.490 e. The van der Waals surface area contributed by atoms with E-state index in [2.05, 4.69) is 4.98 Å². The molecule has 0 N–H and O–H groups in total. The molecule has 2 amide bonds. The molecule has 2 atom stereocenters. The van der Waals surface area contributed by atoms with Gasteiger partial charge in [0.15, 0.2) is 0 Å². The third-order valence-corrected chi connectivity index (χ3v) is 6.99. The normalized spacial score (nSPS) is 21.4. The second kappa shape index (κ2) is 10.6. The average Bonchev–Trinajstić information content (AvgIpc) is 3.21. The van der Waals surface area contributed by atoms with Crippen LogP contribution in [0, 0.1) is 12.8 Å². The van der Waals surface area contributed by atoms with Gasteiger partial charge in [-0.1, -0.05) is 11.6 Å². The molecule has 4 rings (SSSR count). The maximum Gasteiger partial charge on any atom is 0.228 e. The number of amides is 2. The number of nitrogens with zero attached hydrogens (tertiary/aromatic N) is 3. The summed E-state index contributed by atoms with van der Waals surface area (Å²) in [5, 5.41) is 3.54. The zero-order valence-corrected chi connectivity index (χ0v) is 19.7. The lowest BCUT2D eigenvalue weighted by atomic mass is 9.90. The van der Waals surface area contributed by atoms with Crippen molar-refractivity contribution in [1.29, 1.82) is 0 Å². The molecule has 0 aliphatic carbocycles. The molecule has 9 heteroatoms. The Balaban J connectivity index is 1.44. The van der Waals surface area contributed by atoms with E-state index in [1.165, 1.54) is 0 Å². The number of piperidine rings is 1. The Morgan fingerprint density at radius 1 is 1.16 bits per heavy atom. The molecule has 2 saturated heterocycles. The SMILES string of the molecule is Cc1nc(CC(=O)N2CC[C@H](Oc3ccc(Cl)cc3)[C@@H](CC(=O)N3CCOCC3)C2)cs1. The van der Waals surface area contributed by atoms with Crippen molar-refractivity contribution in [2.24, 2.45) is 5.92 Å². The van der Waals surface area contributed by atoms with Crippen LogP contribution >= 0.6 is 22.9 Å². The summed E-state index contributed by atoms with van der Waals surface area (Å²) < 4.78 is 11.6. The van der Waals surface area contributed by atoms with Gasteiger partial charge in [-0.25, -0.2) is 4.98 Å². The monoisotopic (exact) mass is 477 g/mol. The molecule has 0 radical (unpaired) electrons. The molecule has 7 nitrogen and oxygen atoms in total. The molecule has 2 fully saturated rings. The third-order valence-electron chi connectivity index (χ3n) is 5.92. The Bertz CT molecular complexity index is 930. The van der Waals surface area contributed by atoms with Gasteiger partial charge in [-0.15, -0.1) is 11.3 Å². The highest BCUT2D eigenvalue weighted by atomic mass is 35.5. The van der Waals surface area contributed by atoms with Gasteiger partial charge in [0.05, 0.1) is 30.3 Å². The summed E-state index contributed by atoms with van der Waals surface area (Å²) in [5.41, 5.74) is 0.804. The maximum atomic E-state index is 13.0. The fourth-order valence-electron chi connectivity index (χ4n) is 4.20. The van der Waals surface area contributed by atoms with Gasteiger partial charge >= 0.3 is 0 Å². The van der Waals surface area contributed by atoms with E-state index in [-0.39, 0.29) is 30.3 Å².